The molecule has 88 valence electrons. The molecular weight excluding hydrogens is 200 g/mol. The van der Waals surface area contributed by atoms with Gasteiger partial charge in [-0.25, -0.2) is 0 Å². The molecule has 1 aromatic heterocycles. The van der Waals surface area contributed by atoms with Crippen LogP contribution >= 0.6 is 0 Å². The Bertz CT molecular complexity index is 365. The molecule has 2 aliphatic heterocycles. The van der Waals surface area contributed by atoms with Crippen molar-refractivity contribution in [1.82, 2.24) is 20.1 Å². The number of hydrogen-bond donors (Lipinski definition) is 1. The molecule has 2 atom stereocenters. The average Bonchev–Trinajstić information content (AvgIpc) is 2.75. The second-order valence-corrected chi connectivity index (χ2v) is 5.11. The smallest absolute Gasteiger partial charge is 0.150 e. The van der Waals surface area contributed by atoms with Crippen LogP contribution in [0.1, 0.15) is 62.6 Å². The van der Waals surface area contributed by atoms with E-state index in [0.29, 0.717) is 12.0 Å². The predicted molar refractivity (Wildman–Crippen MR) is 62.3 cm³/mol. The summed E-state index contributed by atoms with van der Waals surface area (Å²) in [6, 6.07) is 0.445. The molecule has 1 fully saturated rings. The quantitative estimate of drug-likeness (QED) is 0.787. The van der Waals surface area contributed by atoms with Gasteiger partial charge in [0.2, 0.25) is 0 Å². The van der Waals surface area contributed by atoms with Crippen LogP contribution in [0.25, 0.3) is 0 Å². The van der Waals surface area contributed by atoms with Crippen molar-refractivity contribution in [2.45, 2.75) is 57.5 Å². The number of fused-ring (bicyclic) bond motifs is 1. The predicted octanol–water partition coefficient (Wildman–Crippen LogP) is 1.99. The van der Waals surface area contributed by atoms with Gasteiger partial charge in [-0.05, 0) is 32.2 Å². The lowest BCUT2D eigenvalue weighted by Crippen LogP contribution is -2.30. The molecule has 0 radical (unpaired) electrons. The number of piperidine rings is 1. The second kappa shape index (κ2) is 4.17. The highest BCUT2D eigenvalue weighted by atomic mass is 15.3. The van der Waals surface area contributed by atoms with Crippen molar-refractivity contribution in [2.75, 3.05) is 6.54 Å². The molecule has 16 heavy (non-hydrogen) atoms. The van der Waals surface area contributed by atoms with Crippen molar-refractivity contribution in [2.24, 2.45) is 0 Å². The first kappa shape index (κ1) is 10.3. The number of aromatic nitrogens is 3. The Morgan fingerprint density at radius 2 is 2.00 bits per heavy atom. The van der Waals surface area contributed by atoms with Crippen LogP contribution in [0.2, 0.25) is 0 Å². The lowest BCUT2D eigenvalue weighted by Gasteiger charge is -2.26. The van der Waals surface area contributed by atoms with E-state index in [-0.39, 0.29) is 0 Å². The third-order valence-electron chi connectivity index (χ3n) is 3.89. The summed E-state index contributed by atoms with van der Waals surface area (Å²) >= 11 is 0. The Labute approximate surface area is 96.4 Å². The van der Waals surface area contributed by atoms with E-state index in [1.807, 2.05) is 0 Å². The fraction of sp³-hybridized carbons (Fsp3) is 0.833. The van der Waals surface area contributed by atoms with Gasteiger partial charge in [0.15, 0.2) is 0 Å². The number of rotatable bonds is 1. The maximum atomic E-state index is 4.42. The van der Waals surface area contributed by atoms with Gasteiger partial charge >= 0.3 is 0 Å². The molecule has 1 aromatic rings. The summed E-state index contributed by atoms with van der Waals surface area (Å²) in [5.74, 6) is 2.97. The SMILES string of the molecule is CC1CCCn2c1nnc2C1CCCCN1. The van der Waals surface area contributed by atoms with Crippen LogP contribution in [-0.2, 0) is 6.54 Å². The van der Waals surface area contributed by atoms with E-state index < -0.39 is 0 Å². The van der Waals surface area contributed by atoms with Gasteiger partial charge in [-0.15, -0.1) is 10.2 Å². The lowest BCUT2D eigenvalue weighted by atomic mass is 10.00. The normalized spacial score (nSPS) is 30.1. The van der Waals surface area contributed by atoms with Crippen molar-refractivity contribution >= 4 is 0 Å². The van der Waals surface area contributed by atoms with E-state index in [1.54, 1.807) is 0 Å². The molecule has 4 nitrogen and oxygen atoms in total. The molecule has 1 N–H and O–H groups in total. The highest BCUT2D eigenvalue weighted by Gasteiger charge is 2.26. The zero-order valence-electron chi connectivity index (χ0n) is 9.95. The Morgan fingerprint density at radius 1 is 1.12 bits per heavy atom. The minimum absolute atomic E-state index is 0.445. The summed E-state index contributed by atoms with van der Waals surface area (Å²) in [7, 11) is 0. The fourth-order valence-corrected chi connectivity index (χ4v) is 2.94. The van der Waals surface area contributed by atoms with Crippen molar-refractivity contribution in [3.05, 3.63) is 11.6 Å². The van der Waals surface area contributed by atoms with E-state index in [1.165, 1.54) is 43.8 Å². The van der Waals surface area contributed by atoms with Gasteiger partial charge in [0.1, 0.15) is 11.6 Å². The minimum Gasteiger partial charge on any atom is -0.313 e. The first-order chi connectivity index (χ1) is 7.86. The van der Waals surface area contributed by atoms with Gasteiger partial charge in [-0.2, -0.15) is 0 Å². The van der Waals surface area contributed by atoms with Gasteiger partial charge in [0, 0.05) is 12.5 Å². The molecule has 0 bridgehead atoms. The third kappa shape index (κ3) is 1.65. The molecule has 0 amide bonds. The van der Waals surface area contributed by atoms with Crippen LogP contribution in [-0.4, -0.2) is 21.3 Å². The summed E-state index contributed by atoms with van der Waals surface area (Å²) in [6.45, 7) is 4.50. The average molecular weight is 220 g/mol. The zero-order valence-corrected chi connectivity index (χ0v) is 9.95. The summed E-state index contributed by atoms with van der Waals surface area (Å²) in [4.78, 5) is 0. The summed E-state index contributed by atoms with van der Waals surface area (Å²) in [5.41, 5.74) is 0. The summed E-state index contributed by atoms with van der Waals surface area (Å²) < 4.78 is 2.36. The standard InChI is InChI=1S/C12H20N4/c1-9-5-4-8-16-11(9)14-15-12(16)10-6-2-3-7-13-10/h9-10,13H,2-8H2,1H3. The van der Waals surface area contributed by atoms with E-state index in [0.717, 1.165) is 13.1 Å². The first-order valence-electron chi connectivity index (χ1n) is 6.52. The Balaban J connectivity index is 1.89. The van der Waals surface area contributed by atoms with E-state index in [9.17, 15) is 0 Å². The van der Waals surface area contributed by atoms with Gasteiger partial charge in [-0.3, -0.25) is 0 Å². The van der Waals surface area contributed by atoms with Crippen molar-refractivity contribution in [3.8, 4) is 0 Å². The van der Waals surface area contributed by atoms with E-state index in [2.05, 4.69) is 27.0 Å². The largest absolute Gasteiger partial charge is 0.313 e. The monoisotopic (exact) mass is 220 g/mol. The Morgan fingerprint density at radius 3 is 2.81 bits per heavy atom. The molecule has 1 saturated heterocycles. The van der Waals surface area contributed by atoms with Crippen LogP contribution in [0.5, 0.6) is 0 Å². The Hall–Kier alpha value is -0.900. The molecule has 0 spiro atoms. The van der Waals surface area contributed by atoms with Gasteiger partial charge in [0.25, 0.3) is 0 Å². The molecule has 0 aliphatic carbocycles. The minimum atomic E-state index is 0.445. The summed E-state index contributed by atoms with van der Waals surface area (Å²) in [6.07, 6.45) is 6.36. The highest BCUT2D eigenvalue weighted by Crippen LogP contribution is 2.29. The van der Waals surface area contributed by atoms with E-state index >= 15 is 0 Å². The molecule has 2 unspecified atom stereocenters. The number of nitrogens with zero attached hydrogens (tertiary/aromatic N) is 3. The van der Waals surface area contributed by atoms with Crippen molar-refractivity contribution < 1.29 is 0 Å². The number of hydrogen-bond acceptors (Lipinski definition) is 3. The van der Waals surface area contributed by atoms with Crippen LogP contribution in [0.4, 0.5) is 0 Å². The number of nitrogens with one attached hydrogen (secondary N) is 1. The van der Waals surface area contributed by atoms with Crippen molar-refractivity contribution in [1.29, 1.82) is 0 Å². The van der Waals surface area contributed by atoms with Crippen LogP contribution < -0.4 is 5.32 Å². The molecule has 0 aromatic carbocycles. The Kier molecular flexibility index (Phi) is 2.67. The summed E-state index contributed by atoms with van der Waals surface area (Å²) in [5, 5.41) is 12.4. The lowest BCUT2D eigenvalue weighted by molar-refractivity contribution is 0.370. The van der Waals surface area contributed by atoms with Crippen molar-refractivity contribution in [3.63, 3.8) is 0 Å². The van der Waals surface area contributed by atoms with Gasteiger partial charge < -0.3 is 9.88 Å². The van der Waals surface area contributed by atoms with Gasteiger partial charge in [-0.1, -0.05) is 13.3 Å². The second-order valence-electron chi connectivity index (χ2n) is 5.11. The zero-order chi connectivity index (χ0) is 11.0. The molecule has 4 heteroatoms. The van der Waals surface area contributed by atoms with Crippen LogP contribution in [0.3, 0.4) is 0 Å². The first-order valence-corrected chi connectivity index (χ1v) is 6.52. The van der Waals surface area contributed by atoms with E-state index in [4.69, 9.17) is 0 Å². The topological polar surface area (TPSA) is 42.7 Å². The van der Waals surface area contributed by atoms with Crippen LogP contribution in [0.15, 0.2) is 0 Å². The molecular formula is C12H20N4. The van der Waals surface area contributed by atoms with Gasteiger partial charge in [0.05, 0.1) is 6.04 Å². The third-order valence-corrected chi connectivity index (χ3v) is 3.89. The fourth-order valence-electron chi connectivity index (χ4n) is 2.94. The molecule has 2 aliphatic rings. The molecule has 0 saturated carbocycles. The molecule has 3 rings (SSSR count). The maximum Gasteiger partial charge on any atom is 0.150 e. The highest BCUT2D eigenvalue weighted by molar-refractivity contribution is 5.07. The van der Waals surface area contributed by atoms with Crippen LogP contribution in [0, 0.1) is 0 Å². The molecule has 3 heterocycles. The maximum absolute atomic E-state index is 4.42.